The zero-order chi connectivity index (χ0) is 10.1. The van der Waals surface area contributed by atoms with Crippen molar-refractivity contribution in [3.8, 4) is 0 Å². The molecule has 1 heterocycles. The van der Waals surface area contributed by atoms with Gasteiger partial charge in [0, 0.05) is 21.8 Å². The van der Waals surface area contributed by atoms with Crippen molar-refractivity contribution in [2.45, 2.75) is 6.10 Å². The lowest BCUT2D eigenvalue weighted by Gasteiger charge is -2.03. The normalized spacial score (nSPS) is 13.4. The number of hydrogen-bond donors (Lipinski definition) is 2. The zero-order valence-electron chi connectivity index (χ0n) is 7.40. The van der Waals surface area contributed by atoms with Crippen LogP contribution in [-0.2, 0) is 0 Å². The third-order valence-electron chi connectivity index (χ3n) is 2.12. The average molecular weight is 256 g/mol. The third kappa shape index (κ3) is 1.56. The molecule has 2 aromatic rings. The maximum atomic E-state index is 9.56. The van der Waals surface area contributed by atoms with Crippen LogP contribution in [0.5, 0.6) is 0 Å². The maximum Gasteiger partial charge on any atom is 0.141 e. The van der Waals surface area contributed by atoms with E-state index in [1.165, 1.54) is 0 Å². The number of benzene rings is 1. The molecule has 1 aromatic heterocycles. The van der Waals surface area contributed by atoms with E-state index in [-0.39, 0.29) is 6.54 Å². The maximum absolute atomic E-state index is 9.56. The van der Waals surface area contributed by atoms with Gasteiger partial charge in [-0.15, -0.1) is 0 Å². The quantitative estimate of drug-likeness (QED) is 0.865. The van der Waals surface area contributed by atoms with E-state index in [0.29, 0.717) is 5.76 Å². The molecule has 0 bridgehead atoms. The van der Waals surface area contributed by atoms with Crippen LogP contribution in [0.15, 0.2) is 33.4 Å². The van der Waals surface area contributed by atoms with Gasteiger partial charge in [0.1, 0.15) is 11.9 Å². The zero-order valence-corrected chi connectivity index (χ0v) is 8.99. The minimum absolute atomic E-state index is 0.165. The van der Waals surface area contributed by atoms with Gasteiger partial charge >= 0.3 is 0 Å². The summed E-state index contributed by atoms with van der Waals surface area (Å²) in [4.78, 5) is 0. The van der Waals surface area contributed by atoms with E-state index < -0.39 is 6.10 Å². The lowest BCUT2D eigenvalue weighted by Crippen LogP contribution is -2.10. The van der Waals surface area contributed by atoms with Gasteiger partial charge in [0.05, 0.1) is 6.26 Å². The summed E-state index contributed by atoms with van der Waals surface area (Å²) >= 11 is 3.37. The van der Waals surface area contributed by atoms with E-state index >= 15 is 0 Å². The molecular formula is C10H10BrNO2. The summed E-state index contributed by atoms with van der Waals surface area (Å²) in [6.45, 7) is 0.165. The number of furan rings is 1. The fraction of sp³-hybridized carbons (Fsp3) is 0.200. The number of fused-ring (bicyclic) bond motifs is 1. The Labute approximate surface area is 89.6 Å². The Kier molecular flexibility index (Phi) is 2.58. The summed E-state index contributed by atoms with van der Waals surface area (Å²) in [6, 6.07) is 5.74. The lowest BCUT2D eigenvalue weighted by molar-refractivity contribution is 0.160. The number of hydrogen-bond acceptors (Lipinski definition) is 3. The van der Waals surface area contributed by atoms with Crippen molar-refractivity contribution < 1.29 is 9.52 Å². The van der Waals surface area contributed by atoms with Gasteiger partial charge in [0.25, 0.3) is 0 Å². The van der Waals surface area contributed by atoms with Gasteiger partial charge < -0.3 is 15.3 Å². The summed E-state index contributed by atoms with van der Waals surface area (Å²) in [5.74, 6) is 0.537. The highest BCUT2D eigenvalue weighted by molar-refractivity contribution is 9.10. The molecule has 4 heteroatoms. The van der Waals surface area contributed by atoms with E-state index in [2.05, 4.69) is 15.9 Å². The summed E-state index contributed by atoms with van der Waals surface area (Å²) < 4.78 is 6.26. The van der Waals surface area contributed by atoms with Crippen LogP contribution < -0.4 is 5.73 Å². The van der Waals surface area contributed by atoms with Gasteiger partial charge in [-0.3, -0.25) is 0 Å². The SMILES string of the molecule is NCC(O)c1occ2cc(Br)ccc12. The van der Waals surface area contributed by atoms with Gasteiger partial charge in [-0.05, 0) is 18.2 Å². The average Bonchev–Trinajstić information content (AvgIpc) is 2.59. The van der Waals surface area contributed by atoms with Crippen molar-refractivity contribution in [2.24, 2.45) is 5.73 Å². The monoisotopic (exact) mass is 255 g/mol. The number of aliphatic hydroxyl groups is 1. The first-order chi connectivity index (χ1) is 6.72. The molecule has 3 nitrogen and oxygen atoms in total. The first kappa shape index (κ1) is 9.71. The number of nitrogens with two attached hydrogens (primary N) is 1. The van der Waals surface area contributed by atoms with Crippen LogP contribution in [0.25, 0.3) is 10.8 Å². The molecule has 0 fully saturated rings. The van der Waals surface area contributed by atoms with Crippen LogP contribution in [0.1, 0.15) is 11.9 Å². The van der Waals surface area contributed by atoms with Crippen molar-refractivity contribution in [2.75, 3.05) is 6.54 Å². The minimum Gasteiger partial charge on any atom is -0.465 e. The highest BCUT2D eigenvalue weighted by Gasteiger charge is 2.13. The van der Waals surface area contributed by atoms with E-state index in [9.17, 15) is 5.11 Å². The Bertz CT molecular complexity index is 452. The molecule has 0 amide bonds. The predicted octanol–water partition coefficient (Wildman–Crippen LogP) is 2.19. The summed E-state index contributed by atoms with van der Waals surface area (Å²) in [6.07, 6.45) is 0.891. The summed E-state index contributed by atoms with van der Waals surface area (Å²) in [7, 11) is 0. The molecule has 0 aliphatic rings. The standard InChI is InChI=1S/C10H10BrNO2/c11-7-1-2-8-6(3-7)5-14-10(8)9(13)4-12/h1-3,5,9,13H,4,12H2. The van der Waals surface area contributed by atoms with Crippen LogP contribution in [0, 0.1) is 0 Å². The molecular weight excluding hydrogens is 246 g/mol. The first-order valence-electron chi connectivity index (χ1n) is 4.27. The van der Waals surface area contributed by atoms with Gasteiger partial charge in [0.2, 0.25) is 0 Å². The Morgan fingerprint density at radius 1 is 1.50 bits per heavy atom. The number of aliphatic hydroxyl groups excluding tert-OH is 1. The van der Waals surface area contributed by atoms with Gasteiger partial charge in [-0.1, -0.05) is 15.9 Å². The molecule has 0 radical (unpaired) electrons. The van der Waals surface area contributed by atoms with Gasteiger partial charge in [-0.2, -0.15) is 0 Å². The molecule has 0 spiro atoms. The second kappa shape index (κ2) is 3.73. The molecule has 0 aliphatic carbocycles. The molecule has 3 N–H and O–H groups in total. The van der Waals surface area contributed by atoms with Gasteiger partial charge in [-0.25, -0.2) is 0 Å². The fourth-order valence-corrected chi connectivity index (χ4v) is 1.79. The predicted molar refractivity (Wildman–Crippen MR) is 57.9 cm³/mol. The highest BCUT2D eigenvalue weighted by Crippen LogP contribution is 2.28. The van der Waals surface area contributed by atoms with E-state index in [1.54, 1.807) is 6.26 Å². The van der Waals surface area contributed by atoms with E-state index in [0.717, 1.165) is 15.2 Å². The van der Waals surface area contributed by atoms with Crippen LogP contribution in [0.4, 0.5) is 0 Å². The Morgan fingerprint density at radius 2 is 2.29 bits per heavy atom. The molecule has 0 saturated heterocycles. The van der Waals surface area contributed by atoms with Crippen LogP contribution in [0.3, 0.4) is 0 Å². The minimum atomic E-state index is -0.728. The van der Waals surface area contributed by atoms with Crippen LogP contribution >= 0.6 is 15.9 Å². The topological polar surface area (TPSA) is 59.4 Å². The van der Waals surface area contributed by atoms with Crippen molar-refractivity contribution >= 4 is 26.7 Å². The van der Waals surface area contributed by atoms with Crippen molar-refractivity contribution in [3.63, 3.8) is 0 Å². The first-order valence-corrected chi connectivity index (χ1v) is 5.06. The second-order valence-electron chi connectivity index (χ2n) is 3.08. The Morgan fingerprint density at radius 3 is 3.00 bits per heavy atom. The molecule has 1 aromatic carbocycles. The number of rotatable bonds is 2. The number of halogens is 1. The molecule has 0 aliphatic heterocycles. The Balaban J connectivity index is 2.58. The summed E-state index contributed by atoms with van der Waals surface area (Å²) in [5.41, 5.74) is 5.36. The molecule has 14 heavy (non-hydrogen) atoms. The molecule has 2 rings (SSSR count). The molecule has 74 valence electrons. The highest BCUT2D eigenvalue weighted by atomic mass is 79.9. The van der Waals surface area contributed by atoms with Crippen molar-refractivity contribution in [1.29, 1.82) is 0 Å². The summed E-state index contributed by atoms with van der Waals surface area (Å²) in [5, 5.41) is 11.4. The van der Waals surface area contributed by atoms with Gasteiger partial charge in [0.15, 0.2) is 0 Å². The van der Waals surface area contributed by atoms with Crippen LogP contribution in [0.2, 0.25) is 0 Å². The smallest absolute Gasteiger partial charge is 0.141 e. The second-order valence-corrected chi connectivity index (χ2v) is 4.00. The van der Waals surface area contributed by atoms with E-state index in [4.69, 9.17) is 10.2 Å². The molecule has 0 saturated carbocycles. The Hall–Kier alpha value is -0.840. The third-order valence-corrected chi connectivity index (χ3v) is 2.61. The largest absolute Gasteiger partial charge is 0.465 e. The fourth-order valence-electron chi connectivity index (χ4n) is 1.41. The van der Waals surface area contributed by atoms with Crippen LogP contribution in [-0.4, -0.2) is 11.7 Å². The van der Waals surface area contributed by atoms with E-state index in [1.807, 2.05) is 18.2 Å². The molecule has 1 unspecified atom stereocenters. The van der Waals surface area contributed by atoms with Crippen molar-refractivity contribution in [3.05, 3.63) is 34.7 Å². The van der Waals surface area contributed by atoms with Crippen molar-refractivity contribution in [1.82, 2.24) is 0 Å². The molecule has 1 atom stereocenters. The lowest BCUT2D eigenvalue weighted by atomic mass is 10.1.